The van der Waals surface area contributed by atoms with E-state index in [1.807, 2.05) is 25.1 Å². The molecule has 0 unspecified atom stereocenters. The molecule has 0 atom stereocenters. The number of para-hydroxylation sites is 1. The number of ether oxygens (including phenoxy) is 1. The van der Waals surface area contributed by atoms with Gasteiger partial charge in [0.15, 0.2) is 0 Å². The Morgan fingerprint density at radius 1 is 1.47 bits per heavy atom. The molecule has 1 aromatic rings. The molecule has 0 aliphatic rings. The Morgan fingerprint density at radius 2 is 2.20 bits per heavy atom. The van der Waals surface area contributed by atoms with Gasteiger partial charge in [-0.2, -0.15) is 0 Å². The van der Waals surface area contributed by atoms with Crippen molar-refractivity contribution in [2.75, 3.05) is 13.2 Å². The summed E-state index contributed by atoms with van der Waals surface area (Å²) in [5, 5.41) is 20.6. The number of aryl methyl sites for hydroxylation is 1. The maximum Gasteiger partial charge on any atom is 0.131 e. The first-order valence-electron chi connectivity index (χ1n) is 4.73. The fourth-order valence-electron chi connectivity index (χ4n) is 1.33. The van der Waals surface area contributed by atoms with Gasteiger partial charge in [0, 0.05) is 5.56 Å². The van der Waals surface area contributed by atoms with Crippen LogP contribution in [0.2, 0.25) is 0 Å². The average molecular weight is 209 g/mol. The number of benzene rings is 1. The van der Waals surface area contributed by atoms with Gasteiger partial charge in [0.1, 0.15) is 12.4 Å². The van der Waals surface area contributed by atoms with Gasteiger partial charge >= 0.3 is 0 Å². The van der Waals surface area contributed by atoms with E-state index in [9.17, 15) is 0 Å². The molecule has 1 aromatic carbocycles. The minimum absolute atomic E-state index is 0.0386. The van der Waals surface area contributed by atoms with Crippen molar-refractivity contribution in [3.8, 4) is 5.75 Å². The molecule has 1 rings (SSSR count). The Kier molecular flexibility index (Phi) is 4.12. The Labute approximate surface area is 88.8 Å². The van der Waals surface area contributed by atoms with Crippen molar-refractivity contribution in [2.45, 2.75) is 13.8 Å². The molecule has 0 bridgehead atoms. The van der Waals surface area contributed by atoms with Crippen molar-refractivity contribution in [3.63, 3.8) is 0 Å². The van der Waals surface area contributed by atoms with Crippen LogP contribution in [0.25, 0.3) is 0 Å². The van der Waals surface area contributed by atoms with Crippen LogP contribution in [0.15, 0.2) is 23.4 Å². The van der Waals surface area contributed by atoms with E-state index < -0.39 is 0 Å². The molecule has 0 spiro atoms. The lowest BCUT2D eigenvalue weighted by molar-refractivity contribution is 0.200. The lowest BCUT2D eigenvalue weighted by atomic mass is 10.1. The van der Waals surface area contributed by atoms with Gasteiger partial charge in [-0.15, -0.1) is 0 Å². The summed E-state index contributed by atoms with van der Waals surface area (Å²) in [5.41, 5.74) is 2.18. The summed E-state index contributed by atoms with van der Waals surface area (Å²) in [6, 6.07) is 5.58. The first-order chi connectivity index (χ1) is 7.20. The molecule has 0 fully saturated rings. The maximum atomic E-state index is 8.71. The number of oxime groups is 1. The highest BCUT2D eigenvalue weighted by Crippen LogP contribution is 2.23. The van der Waals surface area contributed by atoms with E-state index in [1.54, 1.807) is 6.92 Å². The third-order valence-electron chi connectivity index (χ3n) is 2.09. The molecule has 0 heterocycles. The van der Waals surface area contributed by atoms with E-state index in [1.165, 1.54) is 0 Å². The highest BCUT2D eigenvalue weighted by Gasteiger charge is 2.09. The smallest absolute Gasteiger partial charge is 0.131 e. The number of nitrogens with zero attached hydrogens (tertiary/aromatic N) is 1. The second kappa shape index (κ2) is 5.36. The van der Waals surface area contributed by atoms with Crippen LogP contribution in [0.1, 0.15) is 18.1 Å². The van der Waals surface area contributed by atoms with Crippen LogP contribution in [0.5, 0.6) is 5.75 Å². The predicted octanol–water partition coefficient (Wildman–Crippen LogP) is 1.56. The van der Waals surface area contributed by atoms with E-state index in [0.29, 0.717) is 11.5 Å². The molecule has 0 aromatic heterocycles. The van der Waals surface area contributed by atoms with Gasteiger partial charge in [0.2, 0.25) is 0 Å². The summed E-state index contributed by atoms with van der Waals surface area (Å²) in [6.45, 7) is 3.79. The summed E-state index contributed by atoms with van der Waals surface area (Å²) in [4.78, 5) is 0. The number of aliphatic hydroxyl groups is 1. The van der Waals surface area contributed by atoms with Gasteiger partial charge < -0.3 is 15.1 Å². The largest absolute Gasteiger partial charge is 0.490 e. The molecule has 0 aliphatic heterocycles. The lowest BCUT2D eigenvalue weighted by Gasteiger charge is -2.12. The molecule has 0 saturated heterocycles. The molecule has 4 heteroatoms. The molecule has 82 valence electrons. The van der Waals surface area contributed by atoms with Gasteiger partial charge in [0.25, 0.3) is 0 Å². The fourth-order valence-corrected chi connectivity index (χ4v) is 1.33. The van der Waals surface area contributed by atoms with Crippen molar-refractivity contribution >= 4 is 5.71 Å². The first kappa shape index (κ1) is 11.5. The highest BCUT2D eigenvalue weighted by molar-refractivity contribution is 6.01. The summed E-state index contributed by atoms with van der Waals surface area (Å²) >= 11 is 0. The maximum absolute atomic E-state index is 8.71. The molecule has 0 amide bonds. The van der Waals surface area contributed by atoms with Gasteiger partial charge in [-0.05, 0) is 25.5 Å². The van der Waals surface area contributed by atoms with Crippen LogP contribution in [0.3, 0.4) is 0 Å². The summed E-state index contributed by atoms with van der Waals surface area (Å²) in [5.74, 6) is 0.654. The van der Waals surface area contributed by atoms with Gasteiger partial charge in [-0.1, -0.05) is 17.3 Å². The topological polar surface area (TPSA) is 62.1 Å². The first-order valence-corrected chi connectivity index (χ1v) is 4.73. The number of hydrogen-bond donors (Lipinski definition) is 2. The lowest BCUT2D eigenvalue weighted by Crippen LogP contribution is -2.07. The third-order valence-corrected chi connectivity index (χ3v) is 2.09. The third kappa shape index (κ3) is 2.70. The second-order valence-electron chi connectivity index (χ2n) is 3.21. The monoisotopic (exact) mass is 209 g/mol. The summed E-state index contributed by atoms with van der Waals surface area (Å²) in [7, 11) is 0. The molecule has 0 aliphatic carbocycles. The fraction of sp³-hybridized carbons (Fsp3) is 0.364. The van der Waals surface area contributed by atoms with E-state index in [4.69, 9.17) is 15.1 Å². The van der Waals surface area contributed by atoms with Gasteiger partial charge in [0.05, 0.1) is 12.3 Å². The van der Waals surface area contributed by atoms with Crippen LogP contribution in [-0.2, 0) is 0 Å². The van der Waals surface area contributed by atoms with Crippen LogP contribution in [-0.4, -0.2) is 29.2 Å². The van der Waals surface area contributed by atoms with Gasteiger partial charge in [-0.3, -0.25) is 0 Å². The average Bonchev–Trinajstić information content (AvgIpc) is 2.26. The summed E-state index contributed by atoms with van der Waals surface area (Å²) in [6.07, 6.45) is 0. The minimum Gasteiger partial charge on any atom is -0.490 e. The van der Waals surface area contributed by atoms with Crippen molar-refractivity contribution in [3.05, 3.63) is 29.3 Å². The SMILES string of the molecule is C/C(=N\O)c1cccc(C)c1OCCO. The Bertz CT molecular complexity index is 361. The number of rotatable bonds is 4. The molecule has 15 heavy (non-hydrogen) atoms. The molecule has 0 radical (unpaired) electrons. The summed E-state index contributed by atoms with van der Waals surface area (Å²) < 4.78 is 5.40. The zero-order valence-corrected chi connectivity index (χ0v) is 8.90. The van der Waals surface area contributed by atoms with Crippen LogP contribution in [0.4, 0.5) is 0 Å². The Balaban J connectivity index is 3.08. The number of aliphatic hydroxyl groups excluding tert-OH is 1. The molecule has 0 saturated carbocycles. The zero-order chi connectivity index (χ0) is 11.3. The van der Waals surface area contributed by atoms with E-state index in [2.05, 4.69) is 5.16 Å². The molecular weight excluding hydrogens is 194 g/mol. The van der Waals surface area contributed by atoms with Crippen molar-refractivity contribution in [2.24, 2.45) is 5.16 Å². The van der Waals surface area contributed by atoms with Crippen molar-refractivity contribution < 1.29 is 15.1 Å². The van der Waals surface area contributed by atoms with Crippen molar-refractivity contribution in [1.29, 1.82) is 0 Å². The normalized spacial score (nSPS) is 11.5. The number of hydrogen-bond acceptors (Lipinski definition) is 4. The van der Waals surface area contributed by atoms with E-state index in [0.717, 1.165) is 11.1 Å². The van der Waals surface area contributed by atoms with Crippen LogP contribution >= 0.6 is 0 Å². The Hall–Kier alpha value is -1.55. The highest BCUT2D eigenvalue weighted by atomic mass is 16.5. The molecule has 2 N–H and O–H groups in total. The molecule has 4 nitrogen and oxygen atoms in total. The van der Waals surface area contributed by atoms with Crippen LogP contribution in [0, 0.1) is 6.92 Å². The quantitative estimate of drug-likeness (QED) is 0.449. The molecular formula is C11H15NO3. The van der Waals surface area contributed by atoms with E-state index in [-0.39, 0.29) is 13.2 Å². The van der Waals surface area contributed by atoms with Crippen molar-refractivity contribution in [1.82, 2.24) is 0 Å². The van der Waals surface area contributed by atoms with Gasteiger partial charge in [-0.25, -0.2) is 0 Å². The predicted molar refractivity (Wildman–Crippen MR) is 57.8 cm³/mol. The Morgan fingerprint density at radius 3 is 2.80 bits per heavy atom. The minimum atomic E-state index is -0.0386. The van der Waals surface area contributed by atoms with Crippen LogP contribution < -0.4 is 4.74 Å². The van der Waals surface area contributed by atoms with E-state index >= 15 is 0 Å². The standard InChI is InChI=1S/C11H15NO3/c1-8-4-3-5-10(9(2)12-14)11(8)15-7-6-13/h3-5,13-14H,6-7H2,1-2H3/b12-9+. The zero-order valence-electron chi connectivity index (χ0n) is 8.90. The second-order valence-corrected chi connectivity index (χ2v) is 3.21.